The highest BCUT2D eigenvalue weighted by molar-refractivity contribution is 6.31. The van der Waals surface area contributed by atoms with Crippen molar-refractivity contribution in [3.8, 4) is 11.5 Å². The number of hydrogen-bond acceptors (Lipinski definition) is 5. The van der Waals surface area contributed by atoms with Gasteiger partial charge in [0.15, 0.2) is 6.61 Å². The fourth-order valence-electron chi connectivity index (χ4n) is 2.22. The molecule has 0 saturated heterocycles. The number of ether oxygens (including phenoxy) is 1. The van der Waals surface area contributed by atoms with Crippen molar-refractivity contribution in [1.82, 2.24) is 10.2 Å². The van der Waals surface area contributed by atoms with Crippen molar-refractivity contribution in [2.24, 2.45) is 0 Å². The maximum Gasteiger partial charge on any atom is 0.417 e. The zero-order valence-electron chi connectivity index (χ0n) is 14.1. The van der Waals surface area contributed by atoms with E-state index in [-0.39, 0.29) is 24.0 Å². The van der Waals surface area contributed by atoms with Gasteiger partial charge in [0.05, 0.1) is 10.6 Å². The summed E-state index contributed by atoms with van der Waals surface area (Å²) in [4.78, 5) is 11.8. The molecule has 0 saturated carbocycles. The number of hydrogen-bond donors (Lipinski definition) is 0. The van der Waals surface area contributed by atoms with Gasteiger partial charge in [0.25, 0.3) is 5.89 Å². The van der Waals surface area contributed by atoms with Crippen molar-refractivity contribution in [2.75, 3.05) is 0 Å². The molecule has 1 heterocycles. The summed E-state index contributed by atoms with van der Waals surface area (Å²) in [5.41, 5.74) is -0.113. The van der Waals surface area contributed by atoms with Crippen LogP contribution in [-0.2, 0) is 22.3 Å². The largest absolute Gasteiger partial charge is 0.452 e. The average Bonchev–Trinajstić information content (AvgIpc) is 3.14. The van der Waals surface area contributed by atoms with E-state index in [9.17, 15) is 18.0 Å². The van der Waals surface area contributed by atoms with Gasteiger partial charge in [-0.2, -0.15) is 13.2 Å². The molecule has 0 fully saturated rings. The summed E-state index contributed by atoms with van der Waals surface area (Å²) in [5.74, 6) is -0.405. The van der Waals surface area contributed by atoms with E-state index >= 15 is 0 Å². The maximum absolute atomic E-state index is 12.8. The van der Waals surface area contributed by atoms with Crippen LogP contribution in [0.3, 0.4) is 0 Å². The molecule has 0 amide bonds. The smallest absolute Gasteiger partial charge is 0.417 e. The lowest BCUT2D eigenvalue weighted by molar-refractivity contribution is -0.139. The van der Waals surface area contributed by atoms with Gasteiger partial charge in [-0.15, -0.1) is 10.2 Å². The van der Waals surface area contributed by atoms with Gasteiger partial charge in [0, 0.05) is 11.6 Å². The minimum atomic E-state index is -4.59. The number of carbonyl (C=O) groups excluding carboxylic acids is 1. The Balaban J connectivity index is 1.60. The maximum atomic E-state index is 12.8. The summed E-state index contributed by atoms with van der Waals surface area (Å²) >= 11 is 5.55. The lowest BCUT2D eigenvalue weighted by atomic mass is 10.1. The molecule has 0 aliphatic heterocycles. The second-order valence-corrected chi connectivity index (χ2v) is 5.95. The third-order valence-corrected chi connectivity index (χ3v) is 3.86. The van der Waals surface area contributed by atoms with E-state index in [0.717, 1.165) is 23.8 Å². The van der Waals surface area contributed by atoms with Crippen molar-refractivity contribution in [3.05, 3.63) is 76.6 Å². The van der Waals surface area contributed by atoms with Crippen LogP contribution in [0.4, 0.5) is 13.2 Å². The first kappa shape index (κ1) is 19.6. The molecule has 3 aromatic rings. The van der Waals surface area contributed by atoms with Gasteiger partial charge in [0.1, 0.15) is 0 Å². The number of halogens is 4. The van der Waals surface area contributed by atoms with Crippen molar-refractivity contribution in [2.45, 2.75) is 12.8 Å². The minimum Gasteiger partial charge on any atom is -0.452 e. The van der Waals surface area contributed by atoms with Crippen LogP contribution < -0.4 is 0 Å². The molecule has 0 bridgehead atoms. The highest BCUT2D eigenvalue weighted by atomic mass is 35.5. The minimum absolute atomic E-state index is 0.0893. The molecule has 0 radical (unpaired) electrons. The number of alkyl halides is 3. The second-order valence-electron chi connectivity index (χ2n) is 5.55. The van der Waals surface area contributed by atoms with Crippen molar-refractivity contribution in [3.63, 3.8) is 0 Å². The fourth-order valence-corrected chi connectivity index (χ4v) is 2.44. The predicted octanol–water partition coefficient (Wildman–Crippen LogP) is 5.17. The number of carbonyl (C=O) groups is 1. The van der Waals surface area contributed by atoms with E-state index in [0.29, 0.717) is 0 Å². The van der Waals surface area contributed by atoms with Crippen LogP contribution in [-0.4, -0.2) is 16.2 Å². The molecule has 28 heavy (non-hydrogen) atoms. The molecule has 5 nitrogen and oxygen atoms in total. The predicted molar refractivity (Wildman–Crippen MR) is 95.0 cm³/mol. The Labute approximate surface area is 162 Å². The summed E-state index contributed by atoms with van der Waals surface area (Å²) in [6, 6.07) is 12.3. The lowest BCUT2D eigenvalue weighted by Gasteiger charge is -2.09. The molecule has 2 aromatic carbocycles. The van der Waals surface area contributed by atoms with Crippen LogP contribution in [0.1, 0.15) is 17.0 Å². The second kappa shape index (κ2) is 8.26. The molecule has 9 heteroatoms. The number of aromatic nitrogens is 2. The Bertz CT molecular complexity index is 1000. The number of nitrogens with zero attached hydrogens (tertiary/aromatic N) is 2. The van der Waals surface area contributed by atoms with Crippen molar-refractivity contribution >= 4 is 23.6 Å². The molecule has 0 atom stereocenters. The highest BCUT2D eigenvalue weighted by Crippen LogP contribution is 2.35. The SMILES string of the molecule is O=C(/C=C/c1ccc(Cl)c(C(F)(F)F)c1)OCc1nnc(-c2ccccc2)o1. The molecule has 3 rings (SSSR count). The Kier molecular flexibility index (Phi) is 5.79. The summed E-state index contributed by atoms with van der Waals surface area (Å²) in [6.07, 6.45) is -2.40. The highest BCUT2D eigenvalue weighted by Gasteiger charge is 2.33. The van der Waals surface area contributed by atoms with Crippen LogP contribution in [0.15, 0.2) is 59.0 Å². The first-order valence-corrected chi connectivity index (χ1v) is 8.30. The van der Waals surface area contributed by atoms with E-state index in [1.807, 2.05) is 18.2 Å². The van der Waals surface area contributed by atoms with E-state index in [2.05, 4.69) is 10.2 Å². The van der Waals surface area contributed by atoms with E-state index < -0.39 is 22.7 Å². The third kappa shape index (κ3) is 4.98. The van der Waals surface area contributed by atoms with Gasteiger partial charge in [-0.05, 0) is 35.9 Å². The van der Waals surface area contributed by atoms with Gasteiger partial charge in [-0.25, -0.2) is 4.79 Å². The van der Waals surface area contributed by atoms with Crippen molar-refractivity contribution < 1.29 is 27.1 Å². The number of rotatable bonds is 5. The zero-order chi connectivity index (χ0) is 20.1. The van der Waals surface area contributed by atoms with Gasteiger partial charge in [0.2, 0.25) is 5.89 Å². The Morgan fingerprint density at radius 1 is 1.14 bits per heavy atom. The summed E-state index contributed by atoms with van der Waals surface area (Å²) in [5, 5.41) is 7.21. The molecule has 0 aliphatic carbocycles. The number of benzene rings is 2. The Morgan fingerprint density at radius 2 is 1.89 bits per heavy atom. The molecule has 1 aromatic heterocycles. The van der Waals surface area contributed by atoms with Gasteiger partial charge >= 0.3 is 12.1 Å². The van der Waals surface area contributed by atoms with Crippen LogP contribution in [0, 0.1) is 0 Å². The summed E-state index contributed by atoms with van der Waals surface area (Å²) in [7, 11) is 0. The quantitative estimate of drug-likeness (QED) is 0.430. The summed E-state index contributed by atoms with van der Waals surface area (Å²) in [6.45, 7) is -0.266. The summed E-state index contributed by atoms with van der Waals surface area (Å²) < 4.78 is 48.8. The number of esters is 1. The van der Waals surface area contributed by atoms with Crippen molar-refractivity contribution in [1.29, 1.82) is 0 Å². The van der Waals surface area contributed by atoms with Crippen LogP contribution in [0.25, 0.3) is 17.5 Å². The molecular weight excluding hydrogens is 397 g/mol. The third-order valence-electron chi connectivity index (χ3n) is 3.53. The fraction of sp³-hybridized carbons (Fsp3) is 0.105. The van der Waals surface area contributed by atoms with Gasteiger partial charge in [-0.1, -0.05) is 35.9 Å². The molecule has 0 unspecified atom stereocenters. The molecular formula is C19H12ClF3N2O3. The monoisotopic (exact) mass is 408 g/mol. The first-order chi connectivity index (χ1) is 13.3. The standard InChI is InChI=1S/C19H12ClF3N2O3/c20-15-8-6-12(10-14(15)19(21,22)23)7-9-17(26)27-11-16-24-25-18(28-16)13-4-2-1-3-5-13/h1-10H,11H2/b9-7+. The lowest BCUT2D eigenvalue weighted by Crippen LogP contribution is -2.06. The van der Waals surface area contributed by atoms with Crippen LogP contribution in [0.5, 0.6) is 0 Å². The molecule has 0 N–H and O–H groups in total. The zero-order valence-corrected chi connectivity index (χ0v) is 14.9. The van der Waals surface area contributed by atoms with E-state index in [1.54, 1.807) is 12.1 Å². The topological polar surface area (TPSA) is 65.2 Å². The first-order valence-electron chi connectivity index (χ1n) is 7.92. The normalized spacial score (nSPS) is 11.7. The van der Waals surface area contributed by atoms with E-state index in [4.69, 9.17) is 20.8 Å². The Hall–Kier alpha value is -3.13. The van der Waals surface area contributed by atoms with Gasteiger partial charge in [-0.3, -0.25) is 0 Å². The molecule has 0 spiro atoms. The molecule has 144 valence electrons. The van der Waals surface area contributed by atoms with Gasteiger partial charge < -0.3 is 9.15 Å². The van der Waals surface area contributed by atoms with Crippen LogP contribution >= 0.6 is 11.6 Å². The molecule has 0 aliphatic rings. The average molecular weight is 409 g/mol. The van der Waals surface area contributed by atoms with Crippen LogP contribution in [0.2, 0.25) is 5.02 Å². The Morgan fingerprint density at radius 3 is 2.61 bits per heavy atom. The van der Waals surface area contributed by atoms with E-state index in [1.165, 1.54) is 12.1 Å².